The molecular formula is C25H20F4N3O2S3+. The molecule has 192 valence electrons. The fraction of sp³-hybridized carbons (Fsp3) is 0.200. The Kier molecular flexibility index (Phi) is 6.90. The van der Waals surface area contributed by atoms with Crippen molar-refractivity contribution in [1.82, 2.24) is 4.57 Å². The fourth-order valence-corrected chi connectivity index (χ4v) is 7.35. The average molecular weight is 567 g/mol. The van der Waals surface area contributed by atoms with E-state index in [-0.39, 0.29) is 23.7 Å². The molecule has 1 aliphatic heterocycles. The van der Waals surface area contributed by atoms with Crippen LogP contribution in [0.1, 0.15) is 17.5 Å². The van der Waals surface area contributed by atoms with Gasteiger partial charge in [-0.3, -0.25) is 9.36 Å². The number of thioether (sulfide) groups is 1. The Morgan fingerprint density at radius 2 is 1.95 bits per heavy atom. The number of hydrogen-bond acceptors (Lipinski definition) is 6. The molecule has 2 aromatic carbocycles. The van der Waals surface area contributed by atoms with E-state index in [1.807, 2.05) is 34.9 Å². The van der Waals surface area contributed by atoms with Crippen molar-refractivity contribution < 1.29 is 26.9 Å². The van der Waals surface area contributed by atoms with Gasteiger partial charge < -0.3 is 9.64 Å². The lowest BCUT2D eigenvalue weighted by Crippen LogP contribution is -2.36. The van der Waals surface area contributed by atoms with Gasteiger partial charge in [-0.05, 0) is 37.3 Å². The Bertz CT molecular complexity index is 1660. The Labute approximate surface area is 221 Å². The van der Waals surface area contributed by atoms with Gasteiger partial charge in [0.2, 0.25) is 0 Å². The number of para-hydroxylation sites is 1. The molecule has 0 fully saturated rings. The molecule has 0 unspecified atom stereocenters. The topological polar surface area (TPSA) is 38.4 Å². The highest BCUT2D eigenvalue weighted by molar-refractivity contribution is 8.08. The van der Waals surface area contributed by atoms with Gasteiger partial charge in [-0.15, -0.1) is 24.5 Å². The smallest absolute Gasteiger partial charge is 0.405 e. The number of aromatic nitrogens is 2. The summed E-state index contributed by atoms with van der Waals surface area (Å²) in [6.07, 6.45) is -1.14. The average Bonchev–Trinajstić information content (AvgIpc) is 3.50. The summed E-state index contributed by atoms with van der Waals surface area (Å²) >= 11 is 4.10. The number of ether oxygens (including phenoxy) is 1. The zero-order chi connectivity index (χ0) is 26.3. The molecule has 3 heterocycles. The third-order valence-electron chi connectivity index (χ3n) is 5.72. The minimum absolute atomic E-state index is 0.145. The normalized spacial score (nSPS) is 15.4. The molecule has 4 aromatic rings. The molecule has 0 N–H and O–H groups in total. The summed E-state index contributed by atoms with van der Waals surface area (Å²) < 4.78 is 61.3. The first-order valence-corrected chi connectivity index (χ1v) is 13.6. The molecule has 0 bridgehead atoms. The molecule has 0 spiro atoms. The molecule has 0 radical (unpaired) electrons. The van der Waals surface area contributed by atoms with Crippen LogP contribution in [-0.2, 0) is 13.1 Å². The van der Waals surface area contributed by atoms with Crippen LogP contribution in [0.4, 0.5) is 23.2 Å². The van der Waals surface area contributed by atoms with Crippen LogP contribution in [0.5, 0.6) is 5.75 Å². The molecule has 0 amide bonds. The number of nitrogens with zero attached hydrogens (tertiary/aromatic N) is 3. The molecule has 0 saturated heterocycles. The van der Waals surface area contributed by atoms with Gasteiger partial charge in [-0.25, -0.2) is 4.39 Å². The van der Waals surface area contributed by atoms with Crippen molar-refractivity contribution >= 4 is 51.2 Å². The first kappa shape index (κ1) is 25.6. The SMILES string of the molecule is CCn1c(=O)/c(=C2\Sc3cc(F)ccc3N2C)s/c1=C\c1scc[n+]1Cc1ccccc1OC(F)(F)F. The number of thiazole rings is 2. The molecule has 0 aliphatic carbocycles. The van der Waals surface area contributed by atoms with Gasteiger partial charge in [0.05, 0.1) is 22.7 Å². The standard InChI is InChI=1S/C25H20F4N3O2S3/c1-3-32-21(37-22(23(32)33)24-30(2)17-9-8-16(26)12-19(17)36-24)13-20-31(10-11-35-20)14-15-6-4-5-7-18(15)34-25(27,28)29/h4-13H,3,14H2,1-2H3/q+1/b24-22+. The van der Waals surface area contributed by atoms with Crippen LogP contribution in [0.2, 0.25) is 0 Å². The maximum atomic E-state index is 13.8. The third-order valence-corrected chi connectivity index (χ3v) is 9.03. The van der Waals surface area contributed by atoms with Gasteiger partial charge in [-0.2, -0.15) is 4.57 Å². The number of halogens is 4. The number of fused-ring (bicyclic) bond motifs is 1. The predicted molar refractivity (Wildman–Crippen MR) is 138 cm³/mol. The second kappa shape index (κ2) is 9.99. The van der Waals surface area contributed by atoms with Crippen molar-refractivity contribution in [2.24, 2.45) is 0 Å². The Balaban J connectivity index is 1.56. The largest absolute Gasteiger partial charge is 0.573 e. The zero-order valence-electron chi connectivity index (χ0n) is 19.6. The van der Waals surface area contributed by atoms with E-state index in [9.17, 15) is 22.4 Å². The van der Waals surface area contributed by atoms with E-state index >= 15 is 0 Å². The lowest BCUT2D eigenvalue weighted by molar-refractivity contribution is -0.685. The van der Waals surface area contributed by atoms with E-state index < -0.39 is 6.36 Å². The molecule has 0 atom stereocenters. The van der Waals surface area contributed by atoms with Crippen LogP contribution in [0, 0.1) is 5.82 Å². The Morgan fingerprint density at radius 1 is 1.16 bits per heavy atom. The van der Waals surface area contributed by atoms with Gasteiger partial charge in [0.15, 0.2) is 12.7 Å². The minimum Gasteiger partial charge on any atom is -0.405 e. The van der Waals surface area contributed by atoms with E-state index in [0.29, 0.717) is 21.3 Å². The molecule has 1 aliphatic rings. The zero-order valence-corrected chi connectivity index (χ0v) is 22.0. The number of rotatable bonds is 5. The number of hydrogen-bond donors (Lipinski definition) is 0. The Hall–Kier alpha value is -3.09. The van der Waals surface area contributed by atoms with Crippen molar-refractivity contribution in [1.29, 1.82) is 0 Å². The van der Waals surface area contributed by atoms with Crippen LogP contribution in [0.15, 0.2) is 63.7 Å². The lowest BCUT2D eigenvalue weighted by Gasteiger charge is -2.12. The van der Waals surface area contributed by atoms with Gasteiger partial charge in [0.1, 0.15) is 25.8 Å². The van der Waals surface area contributed by atoms with Crippen LogP contribution in [0.3, 0.4) is 0 Å². The van der Waals surface area contributed by atoms with Crippen molar-refractivity contribution in [2.75, 3.05) is 11.9 Å². The van der Waals surface area contributed by atoms with Gasteiger partial charge >= 0.3 is 6.36 Å². The minimum atomic E-state index is -4.79. The van der Waals surface area contributed by atoms with Crippen LogP contribution < -0.4 is 29.0 Å². The van der Waals surface area contributed by atoms with Crippen LogP contribution in [-0.4, -0.2) is 18.0 Å². The van der Waals surface area contributed by atoms with E-state index in [1.54, 1.807) is 29.0 Å². The van der Waals surface area contributed by atoms with Gasteiger partial charge in [-0.1, -0.05) is 35.2 Å². The second-order valence-electron chi connectivity index (χ2n) is 8.07. The summed E-state index contributed by atoms with van der Waals surface area (Å²) in [4.78, 5) is 16.0. The van der Waals surface area contributed by atoms with Gasteiger partial charge in [0.25, 0.3) is 10.6 Å². The van der Waals surface area contributed by atoms with Crippen LogP contribution >= 0.6 is 34.4 Å². The number of alkyl halides is 3. The number of anilines is 1. The predicted octanol–water partition coefficient (Wildman–Crippen LogP) is 4.50. The maximum Gasteiger partial charge on any atom is 0.573 e. The highest BCUT2D eigenvalue weighted by Gasteiger charge is 2.32. The van der Waals surface area contributed by atoms with E-state index in [2.05, 4.69) is 4.74 Å². The molecular weight excluding hydrogens is 546 g/mol. The molecule has 37 heavy (non-hydrogen) atoms. The summed E-state index contributed by atoms with van der Waals surface area (Å²) in [6, 6.07) is 10.6. The van der Waals surface area contributed by atoms with E-state index in [4.69, 9.17) is 0 Å². The summed E-state index contributed by atoms with van der Waals surface area (Å²) in [5, 5.41) is 3.33. The second-order valence-corrected chi connectivity index (χ2v) is 11.1. The Morgan fingerprint density at radius 3 is 2.70 bits per heavy atom. The molecule has 0 saturated carbocycles. The quantitative estimate of drug-likeness (QED) is 0.264. The van der Waals surface area contributed by atoms with Crippen molar-refractivity contribution in [3.8, 4) is 5.75 Å². The lowest BCUT2D eigenvalue weighted by atomic mass is 10.2. The van der Waals surface area contributed by atoms with Crippen molar-refractivity contribution in [2.45, 2.75) is 31.3 Å². The summed E-state index contributed by atoms with van der Waals surface area (Å²) in [6.45, 7) is 2.48. The van der Waals surface area contributed by atoms with Crippen molar-refractivity contribution in [3.63, 3.8) is 0 Å². The number of benzene rings is 2. The monoisotopic (exact) mass is 566 g/mol. The fourth-order valence-electron chi connectivity index (χ4n) is 4.01. The first-order valence-electron chi connectivity index (χ1n) is 11.1. The van der Waals surface area contributed by atoms with Crippen LogP contribution in [0.25, 0.3) is 11.1 Å². The third kappa shape index (κ3) is 5.18. The molecule has 12 heteroatoms. The summed E-state index contributed by atoms with van der Waals surface area (Å²) in [7, 11) is 1.85. The van der Waals surface area contributed by atoms with Gasteiger partial charge in [0, 0.05) is 18.5 Å². The molecule has 5 rings (SSSR count). The highest BCUT2D eigenvalue weighted by atomic mass is 32.2. The van der Waals surface area contributed by atoms with E-state index in [1.165, 1.54) is 58.7 Å². The first-order chi connectivity index (χ1) is 17.6. The summed E-state index contributed by atoms with van der Waals surface area (Å²) in [5.41, 5.74) is 1.06. The maximum absolute atomic E-state index is 13.8. The summed E-state index contributed by atoms with van der Waals surface area (Å²) in [5.74, 6) is -0.589. The highest BCUT2D eigenvalue weighted by Crippen LogP contribution is 2.45. The molecule has 2 aromatic heterocycles. The molecule has 5 nitrogen and oxygen atoms in total. The van der Waals surface area contributed by atoms with Crippen molar-refractivity contribution in [3.05, 3.63) is 90.0 Å². The van der Waals surface area contributed by atoms with E-state index in [0.717, 1.165) is 20.6 Å².